The third-order valence-electron chi connectivity index (χ3n) is 7.29. The van der Waals surface area contributed by atoms with Crippen LogP contribution in [0.3, 0.4) is 0 Å². The SMILES string of the molecule is CCn1nc(C)cc1C(=O)N1CCC2(CC1)c1ccccc1[C@@H](NC(=O)c1cccnc1)[C@@H]2O. The fraction of sp³-hybridized carbons (Fsp3) is 0.385. The largest absolute Gasteiger partial charge is 0.390 e. The van der Waals surface area contributed by atoms with Gasteiger partial charge in [-0.25, -0.2) is 0 Å². The zero-order chi connectivity index (χ0) is 23.9. The summed E-state index contributed by atoms with van der Waals surface area (Å²) in [6.07, 6.45) is 3.59. The molecule has 0 bridgehead atoms. The Labute approximate surface area is 198 Å². The lowest BCUT2D eigenvalue weighted by molar-refractivity contribution is 0.0195. The van der Waals surface area contributed by atoms with E-state index < -0.39 is 17.6 Å². The van der Waals surface area contributed by atoms with Crippen LogP contribution >= 0.6 is 0 Å². The van der Waals surface area contributed by atoms with Gasteiger partial charge in [0.05, 0.1) is 23.4 Å². The molecule has 1 saturated heterocycles. The van der Waals surface area contributed by atoms with Crippen molar-refractivity contribution in [1.82, 2.24) is 25.0 Å². The molecule has 3 heterocycles. The lowest BCUT2D eigenvalue weighted by atomic mass is 9.72. The van der Waals surface area contributed by atoms with Crippen LogP contribution in [-0.4, -0.2) is 55.8 Å². The molecule has 176 valence electrons. The first-order valence-electron chi connectivity index (χ1n) is 11.8. The van der Waals surface area contributed by atoms with Crippen LogP contribution in [0.4, 0.5) is 0 Å². The van der Waals surface area contributed by atoms with Gasteiger partial charge in [-0.2, -0.15) is 5.10 Å². The van der Waals surface area contributed by atoms with E-state index in [0.29, 0.717) is 43.7 Å². The maximum Gasteiger partial charge on any atom is 0.272 e. The first-order chi connectivity index (χ1) is 16.4. The van der Waals surface area contributed by atoms with Gasteiger partial charge < -0.3 is 15.3 Å². The van der Waals surface area contributed by atoms with E-state index in [9.17, 15) is 14.7 Å². The summed E-state index contributed by atoms with van der Waals surface area (Å²) in [4.78, 5) is 32.0. The average molecular weight is 460 g/mol. The zero-order valence-corrected chi connectivity index (χ0v) is 19.4. The molecule has 34 heavy (non-hydrogen) atoms. The number of aryl methyl sites for hydroxylation is 2. The van der Waals surface area contributed by atoms with Gasteiger partial charge in [0.2, 0.25) is 0 Å². The Morgan fingerprint density at radius 3 is 2.65 bits per heavy atom. The van der Waals surface area contributed by atoms with Crippen molar-refractivity contribution in [3.05, 3.63) is 82.9 Å². The van der Waals surface area contributed by atoms with Crippen molar-refractivity contribution in [2.24, 2.45) is 0 Å². The Morgan fingerprint density at radius 2 is 1.94 bits per heavy atom. The van der Waals surface area contributed by atoms with Crippen molar-refractivity contribution in [2.45, 2.75) is 50.8 Å². The summed E-state index contributed by atoms with van der Waals surface area (Å²) in [5, 5.41) is 19.0. The molecule has 8 nitrogen and oxygen atoms in total. The number of aromatic nitrogens is 3. The van der Waals surface area contributed by atoms with Crippen LogP contribution < -0.4 is 5.32 Å². The molecule has 8 heteroatoms. The van der Waals surface area contributed by atoms with Crippen LogP contribution in [-0.2, 0) is 12.0 Å². The highest BCUT2D eigenvalue weighted by Crippen LogP contribution is 2.51. The summed E-state index contributed by atoms with van der Waals surface area (Å²) < 4.78 is 1.74. The molecule has 2 atom stereocenters. The summed E-state index contributed by atoms with van der Waals surface area (Å²) in [5.74, 6) is -0.292. The van der Waals surface area contributed by atoms with E-state index in [1.807, 2.05) is 49.1 Å². The highest BCUT2D eigenvalue weighted by molar-refractivity contribution is 5.94. The van der Waals surface area contributed by atoms with Crippen molar-refractivity contribution in [3.63, 3.8) is 0 Å². The highest BCUT2D eigenvalue weighted by atomic mass is 16.3. The van der Waals surface area contributed by atoms with E-state index in [4.69, 9.17) is 0 Å². The van der Waals surface area contributed by atoms with E-state index in [-0.39, 0.29) is 11.8 Å². The molecule has 0 unspecified atom stereocenters. The fourth-order valence-corrected chi connectivity index (χ4v) is 5.54. The molecule has 1 aliphatic carbocycles. The Balaban J connectivity index is 1.38. The number of aliphatic hydroxyl groups excluding tert-OH is 1. The number of pyridine rings is 1. The lowest BCUT2D eigenvalue weighted by Crippen LogP contribution is -2.51. The number of likely N-dealkylation sites (tertiary alicyclic amines) is 1. The number of hydrogen-bond donors (Lipinski definition) is 2. The second kappa shape index (κ2) is 8.68. The summed E-state index contributed by atoms with van der Waals surface area (Å²) in [5.41, 5.74) is 3.36. The Morgan fingerprint density at radius 1 is 1.18 bits per heavy atom. The van der Waals surface area contributed by atoms with Gasteiger partial charge in [0, 0.05) is 37.4 Å². The van der Waals surface area contributed by atoms with Crippen molar-refractivity contribution in [3.8, 4) is 0 Å². The number of fused-ring (bicyclic) bond motifs is 2. The topological polar surface area (TPSA) is 100 Å². The minimum Gasteiger partial charge on any atom is -0.390 e. The molecule has 2 N–H and O–H groups in total. The maximum absolute atomic E-state index is 13.2. The van der Waals surface area contributed by atoms with Crippen LogP contribution in [0.25, 0.3) is 0 Å². The number of rotatable bonds is 4. The smallest absolute Gasteiger partial charge is 0.272 e. The standard InChI is InChI=1S/C26H29N5O3/c1-3-31-21(15-17(2)29-31)25(34)30-13-10-26(11-14-30)20-9-5-4-8-19(20)22(23(26)32)28-24(33)18-7-6-12-27-16-18/h4-9,12,15-16,22-23,32H,3,10-11,13-14H2,1-2H3,(H,28,33)/t22-,23+/m1/s1. The van der Waals surface area contributed by atoms with Crippen LogP contribution in [0.15, 0.2) is 54.9 Å². The second-order valence-electron chi connectivity index (χ2n) is 9.16. The first-order valence-corrected chi connectivity index (χ1v) is 11.8. The molecule has 2 aromatic heterocycles. The van der Waals surface area contributed by atoms with E-state index in [1.165, 1.54) is 6.20 Å². The third kappa shape index (κ3) is 3.58. The van der Waals surface area contributed by atoms with Crippen LogP contribution in [0.2, 0.25) is 0 Å². The average Bonchev–Trinajstić information content (AvgIpc) is 3.36. The third-order valence-corrected chi connectivity index (χ3v) is 7.29. The molecule has 1 spiro atoms. The zero-order valence-electron chi connectivity index (χ0n) is 19.4. The number of carbonyl (C=O) groups is 2. The normalized spacial score (nSPS) is 20.9. The van der Waals surface area contributed by atoms with Gasteiger partial charge in [-0.3, -0.25) is 19.3 Å². The maximum atomic E-state index is 13.2. The van der Waals surface area contributed by atoms with Crippen molar-refractivity contribution in [2.75, 3.05) is 13.1 Å². The molecular formula is C26H29N5O3. The van der Waals surface area contributed by atoms with Crippen molar-refractivity contribution < 1.29 is 14.7 Å². The van der Waals surface area contributed by atoms with Gasteiger partial charge in [-0.1, -0.05) is 24.3 Å². The van der Waals surface area contributed by atoms with Gasteiger partial charge in [0.25, 0.3) is 11.8 Å². The number of benzene rings is 1. The number of aliphatic hydroxyl groups is 1. The minimum absolute atomic E-state index is 0.0282. The van der Waals surface area contributed by atoms with E-state index in [2.05, 4.69) is 15.4 Å². The van der Waals surface area contributed by atoms with Crippen molar-refractivity contribution in [1.29, 1.82) is 0 Å². The molecule has 2 aliphatic rings. The second-order valence-corrected chi connectivity index (χ2v) is 9.16. The predicted octanol–water partition coefficient (Wildman–Crippen LogP) is 2.63. The van der Waals surface area contributed by atoms with Crippen LogP contribution in [0.1, 0.15) is 63.5 Å². The van der Waals surface area contributed by atoms with Gasteiger partial charge in [0.15, 0.2) is 0 Å². The Bertz CT molecular complexity index is 1210. The molecular weight excluding hydrogens is 430 g/mol. The summed E-state index contributed by atoms with van der Waals surface area (Å²) >= 11 is 0. The summed E-state index contributed by atoms with van der Waals surface area (Å²) in [6, 6.07) is 12.7. The molecule has 5 rings (SSSR count). The molecule has 1 fully saturated rings. The summed E-state index contributed by atoms with van der Waals surface area (Å²) in [6.45, 7) is 5.56. The number of nitrogens with zero attached hydrogens (tertiary/aromatic N) is 4. The Hall–Kier alpha value is -3.52. The summed E-state index contributed by atoms with van der Waals surface area (Å²) in [7, 11) is 0. The fourth-order valence-electron chi connectivity index (χ4n) is 5.54. The van der Waals surface area contributed by atoms with Crippen LogP contribution in [0, 0.1) is 6.92 Å². The van der Waals surface area contributed by atoms with Gasteiger partial charge >= 0.3 is 0 Å². The van der Waals surface area contributed by atoms with Gasteiger partial charge in [-0.15, -0.1) is 0 Å². The number of nitrogens with one attached hydrogen (secondary N) is 1. The number of piperidine rings is 1. The Kier molecular flexibility index (Phi) is 5.69. The predicted molar refractivity (Wildman–Crippen MR) is 126 cm³/mol. The van der Waals surface area contributed by atoms with Gasteiger partial charge in [0.1, 0.15) is 5.69 Å². The molecule has 0 saturated carbocycles. The first kappa shape index (κ1) is 22.3. The van der Waals surface area contributed by atoms with E-state index in [0.717, 1.165) is 16.8 Å². The monoisotopic (exact) mass is 459 g/mol. The van der Waals surface area contributed by atoms with E-state index in [1.54, 1.807) is 23.0 Å². The number of hydrogen-bond acceptors (Lipinski definition) is 5. The molecule has 1 aromatic carbocycles. The highest BCUT2D eigenvalue weighted by Gasteiger charge is 2.53. The lowest BCUT2D eigenvalue weighted by Gasteiger charge is -2.42. The van der Waals surface area contributed by atoms with E-state index >= 15 is 0 Å². The molecule has 2 amide bonds. The quantitative estimate of drug-likeness (QED) is 0.625. The van der Waals surface area contributed by atoms with Gasteiger partial charge in [-0.05, 0) is 56.0 Å². The number of carbonyl (C=O) groups excluding carboxylic acids is 2. The molecule has 3 aromatic rings. The minimum atomic E-state index is -0.786. The molecule has 0 radical (unpaired) electrons. The van der Waals surface area contributed by atoms with Crippen LogP contribution in [0.5, 0.6) is 0 Å². The molecule has 1 aliphatic heterocycles. The number of amides is 2. The van der Waals surface area contributed by atoms with Crippen molar-refractivity contribution >= 4 is 11.8 Å².